The molecule has 0 atom stereocenters. The van der Waals surface area contributed by atoms with Gasteiger partial charge in [-0.3, -0.25) is 4.79 Å². The number of guanidine groups is 1. The zero-order valence-electron chi connectivity index (χ0n) is 10.9. The standard InChI is InChI=1S/C12H11Cl2N5O.ClH/c1-6-7(11(20)18-12(15)16)5-17-19(6)10-8(13)3-2-4-9(10)14;/h2-5H,1H3,(H4,15,16,18,20);1H. The van der Waals surface area contributed by atoms with E-state index in [9.17, 15) is 4.79 Å². The molecule has 0 fully saturated rings. The summed E-state index contributed by atoms with van der Waals surface area (Å²) in [6, 6.07) is 5.08. The fourth-order valence-electron chi connectivity index (χ4n) is 1.71. The van der Waals surface area contributed by atoms with Crippen molar-refractivity contribution in [1.82, 2.24) is 9.78 Å². The van der Waals surface area contributed by atoms with Crippen molar-refractivity contribution in [2.75, 3.05) is 0 Å². The predicted octanol–water partition coefficient (Wildman–Crippen LogP) is 2.32. The van der Waals surface area contributed by atoms with Crippen LogP contribution in [0.15, 0.2) is 29.4 Å². The minimum atomic E-state index is -0.572. The van der Waals surface area contributed by atoms with E-state index in [1.807, 2.05) is 0 Å². The summed E-state index contributed by atoms with van der Waals surface area (Å²) in [4.78, 5) is 15.3. The van der Waals surface area contributed by atoms with Gasteiger partial charge in [-0.15, -0.1) is 12.4 Å². The lowest BCUT2D eigenvalue weighted by atomic mass is 10.2. The van der Waals surface area contributed by atoms with Crippen LogP contribution in [0.25, 0.3) is 5.69 Å². The van der Waals surface area contributed by atoms with E-state index in [1.54, 1.807) is 25.1 Å². The van der Waals surface area contributed by atoms with E-state index < -0.39 is 5.91 Å². The fourth-order valence-corrected chi connectivity index (χ4v) is 2.27. The molecule has 1 heterocycles. The smallest absolute Gasteiger partial charge is 0.283 e. The highest BCUT2D eigenvalue weighted by atomic mass is 35.5. The molecule has 6 nitrogen and oxygen atoms in total. The van der Waals surface area contributed by atoms with Crippen LogP contribution in [-0.2, 0) is 0 Å². The predicted molar refractivity (Wildman–Crippen MR) is 85.7 cm³/mol. The van der Waals surface area contributed by atoms with Gasteiger partial charge in [0.25, 0.3) is 5.91 Å². The maximum atomic E-state index is 11.8. The molecule has 2 rings (SSSR count). The summed E-state index contributed by atoms with van der Waals surface area (Å²) in [6.45, 7) is 1.70. The van der Waals surface area contributed by atoms with Crippen molar-refractivity contribution in [3.63, 3.8) is 0 Å². The highest BCUT2D eigenvalue weighted by Gasteiger charge is 2.17. The lowest BCUT2D eigenvalue weighted by Crippen LogP contribution is -2.24. The molecule has 1 aromatic carbocycles. The number of carbonyl (C=O) groups is 1. The topological polar surface area (TPSA) is 99.3 Å². The van der Waals surface area contributed by atoms with Crippen LogP contribution >= 0.6 is 35.6 Å². The molecule has 0 unspecified atom stereocenters. The third-order valence-electron chi connectivity index (χ3n) is 2.62. The van der Waals surface area contributed by atoms with Crippen LogP contribution in [0, 0.1) is 6.92 Å². The maximum Gasteiger partial charge on any atom is 0.283 e. The van der Waals surface area contributed by atoms with Crippen molar-refractivity contribution in [1.29, 1.82) is 0 Å². The van der Waals surface area contributed by atoms with Crippen molar-refractivity contribution < 1.29 is 4.79 Å². The average Bonchev–Trinajstić information content (AvgIpc) is 2.70. The molecular weight excluding hydrogens is 337 g/mol. The van der Waals surface area contributed by atoms with Crippen molar-refractivity contribution in [3.8, 4) is 5.69 Å². The first kappa shape index (κ1) is 17.3. The molecule has 0 spiro atoms. The van der Waals surface area contributed by atoms with Crippen LogP contribution in [0.3, 0.4) is 0 Å². The minimum Gasteiger partial charge on any atom is -0.370 e. The van der Waals surface area contributed by atoms with Crippen LogP contribution in [0.2, 0.25) is 10.0 Å². The van der Waals surface area contributed by atoms with E-state index in [1.165, 1.54) is 10.9 Å². The Kier molecular flexibility index (Phi) is 5.60. The molecule has 1 amide bonds. The average molecular weight is 349 g/mol. The van der Waals surface area contributed by atoms with E-state index in [2.05, 4.69) is 10.1 Å². The molecule has 0 aliphatic heterocycles. The van der Waals surface area contributed by atoms with Gasteiger partial charge >= 0.3 is 0 Å². The Morgan fingerprint density at radius 2 is 1.86 bits per heavy atom. The Bertz CT molecular complexity index is 687. The summed E-state index contributed by atoms with van der Waals surface area (Å²) in [7, 11) is 0. The second-order valence-electron chi connectivity index (χ2n) is 3.97. The van der Waals surface area contributed by atoms with E-state index in [0.717, 1.165) is 0 Å². The summed E-state index contributed by atoms with van der Waals surface area (Å²) in [5, 5.41) is 4.95. The first-order chi connectivity index (χ1) is 9.41. The number of para-hydroxylation sites is 1. The van der Waals surface area contributed by atoms with Gasteiger partial charge in [0.05, 0.1) is 27.5 Å². The number of nitrogens with two attached hydrogens (primary N) is 2. The van der Waals surface area contributed by atoms with Gasteiger partial charge in [0.1, 0.15) is 5.69 Å². The largest absolute Gasteiger partial charge is 0.370 e. The van der Waals surface area contributed by atoms with Crippen molar-refractivity contribution in [2.45, 2.75) is 6.92 Å². The van der Waals surface area contributed by atoms with E-state index >= 15 is 0 Å². The van der Waals surface area contributed by atoms with Gasteiger partial charge in [-0.1, -0.05) is 29.3 Å². The first-order valence-electron chi connectivity index (χ1n) is 5.54. The van der Waals surface area contributed by atoms with E-state index in [4.69, 9.17) is 34.7 Å². The molecule has 0 saturated heterocycles. The van der Waals surface area contributed by atoms with Gasteiger partial charge in [-0.05, 0) is 19.1 Å². The van der Waals surface area contributed by atoms with Crippen LogP contribution in [0.4, 0.5) is 0 Å². The number of amides is 1. The molecule has 1 aromatic heterocycles. The Balaban J connectivity index is 0.00000220. The SMILES string of the molecule is Cc1c(C(=O)N=C(N)N)cnn1-c1c(Cl)cccc1Cl.Cl. The number of halogens is 3. The normalized spacial score (nSPS) is 9.86. The van der Waals surface area contributed by atoms with Crippen LogP contribution in [0.5, 0.6) is 0 Å². The molecule has 0 aliphatic carbocycles. The molecule has 9 heteroatoms. The van der Waals surface area contributed by atoms with Gasteiger partial charge in [-0.2, -0.15) is 10.1 Å². The number of carbonyl (C=O) groups excluding carboxylic acids is 1. The van der Waals surface area contributed by atoms with Crippen LogP contribution in [-0.4, -0.2) is 21.6 Å². The molecule has 4 N–H and O–H groups in total. The summed E-state index contributed by atoms with van der Waals surface area (Å²) >= 11 is 12.2. The van der Waals surface area contributed by atoms with Gasteiger partial charge in [0, 0.05) is 0 Å². The van der Waals surface area contributed by atoms with Gasteiger partial charge in [0.2, 0.25) is 0 Å². The van der Waals surface area contributed by atoms with E-state index in [-0.39, 0.29) is 23.9 Å². The number of aromatic nitrogens is 2. The highest BCUT2D eigenvalue weighted by Crippen LogP contribution is 2.29. The lowest BCUT2D eigenvalue weighted by Gasteiger charge is -2.09. The maximum absolute atomic E-state index is 11.8. The number of nitrogens with zero attached hydrogens (tertiary/aromatic N) is 3. The molecule has 0 aliphatic rings. The molecule has 112 valence electrons. The molecule has 0 radical (unpaired) electrons. The zero-order valence-corrected chi connectivity index (χ0v) is 13.2. The van der Waals surface area contributed by atoms with Gasteiger partial charge in [0.15, 0.2) is 5.96 Å². The summed E-state index contributed by atoms with van der Waals surface area (Å²) in [5.41, 5.74) is 11.7. The Morgan fingerprint density at radius 1 is 1.29 bits per heavy atom. The number of hydrogen-bond donors (Lipinski definition) is 2. The quantitative estimate of drug-likeness (QED) is 0.642. The monoisotopic (exact) mass is 347 g/mol. The lowest BCUT2D eigenvalue weighted by molar-refractivity contribution is 0.100. The number of rotatable bonds is 2. The van der Waals surface area contributed by atoms with Crippen molar-refractivity contribution in [2.24, 2.45) is 16.5 Å². The number of aliphatic imine (C=N–C) groups is 1. The molecule has 0 saturated carbocycles. The highest BCUT2D eigenvalue weighted by molar-refractivity contribution is 6.37. The molecule has 2 aromatic rings. The van der Waals surface area contributed by atoms with Crippen LogP contribution < -0.4 is 11.5 Å². The van der Waals surface area contributed by atoms with Gasteiger partial charge < -0.3 is 11.5 Å². The Labute approximate surface area is 137 Å². The van der Waals surface area contributed by atoms with Gasteiger partial charge in [-0.25, -0.2) is 4.68 Å². The second kappa shape index (κ2) is 6.80. The number of benzene rings is 1. The summed E-state index contributed by atoms with van der Waals surface area (Å²) in [6.07, 6.45) is 1.36. The zero-order chi connectivity index (χ0) is 14.9. The number of hydrogen-bond acceptors (Lipinski definition) is 2. The Morgan fingerprint density at radius 3 is 2.38 bits per heavy atom. The first-order valence-corrected chi connectivity index (χ1v) is 6.30. The van der Waals surface area contributed by atoms with Crippen molar-refractivity contribution >= 4 is 47.5 Å². The van der Waals surface area contributed by atoms with Crippen LogP contribution in [0.1, 0.15) is 16.1 Å². The fraction of sp³-hybridized carbons (Fsp3) is 0.0833. The third kappa shape index (κ3) is 3.47. The minimum absolute atomic E-state index is 0. The molecular formula is C12H12Cl3N5O. The summed E-state index contributed by atoms with van der Waals surface area (Å²) in [5.74, 6) is -0.880. The second-order valence-corrected chi connectivity index (χ2v) is 4.78. The molecule has 21 heavy (non-hydrogen) atoms. The molecule has 0 bridgehead atoms. The van der Waals surface area contributed by atoms with E-state index in [0.29, 0.717) is 21.4 Å². The van der Waals surface area contributed by atoms with Crippen molar-refractivity contribution in [3.05, 3.63) is 45.7 Å². The Hall–Kier alpha value is -1.76. The summed E-state index contributed by atoms with van der Waals surface area (Å²) < 4.78 is 1.47. The third-order valence-corrected chi connectivity index (χ3v) is 3.23.